The largest absolute Gasteiger partial charge is 0.339 e. The molecule has 0 aromatic carbocycles. The fraction of sp³-hybridized carbons (Fsp3) is 0.688. The predicted molar refractivity (Wildman–Crippen MR) is 86.4 cm³/mol. The SMILES string of the molecule is CC1(C(=O)N2CCN(Cc3ccsc3)CC2)CCCCN1. The van der Waals surface area contributed by atoms with E-state index in [9.17, 15) is 4.79 Å². The van der Waals surface area contributed by atoms with E-state index in [4.69, 9.17) is 0 Å². The van der Waals surface area contributed by atoms with Gasteiger partial charge < -0.3 is 10.2 Å². The van der Waals surface area contributed by atoms with Crippen molar-refractivity contribution in [1.29, 1.82) is 0 Å². The maximum Gasteiger partial charge on any atom is 0.242 e. The number of amides is 1. The highest BCUT2D eigenvalue weighted by atomic mass is 32.1. The van der Waals surface area contributed by atoms with E-state index in [0.717, 1.165) is 52.1 Å². The topological polar surface area (TPSA) is 35.6 Å². The summed E-state index contributed by atoms with van der Waals surface area (Å²) in [4.78, 5) is 17.3. The summed E-state index contributed by atoms with van der Waals surface area (Å²) >= 11 is 1.75. The first kappa shape index (κ1) is 15.0. The molecule has 21 heavy (non-hydrogen) atoms. The van der Waals surface area contributed by atoms with E-state index >= 15 is 0 Å². The molecule has 1 unspecified atom stereocenters. The fourth-order valence-corrected chi connectivity index (χ4v) is 4.00. The van der Waals surface area contributed by atoms with Gasteiger partial charge in [0, 0.05) is 32.7 Å². The Hall–Kier alpha value is -0.910. The van der Waals surface area contributed by atoms with E-state index in [1.165, 1.54) is 12.0 Å². The second-order valence-electron chi connectivity index (χ2n) is 6.42. The molecule has 1 N–H and O–H groups in total. The van der Waals surface area contributed by atoms with Gasteiger partial charge in [-0.3, -0.25) is 9.69 Å². The van der Waals surface area contributed by atoms with Crippen molar-refractivity contribution in [2.24, 2.45) is 0 Å². The van der Waals surface area contributed by atoms with E-state index < -0.39 is 0 Å². The van der Waals surface area contributed by atoms with Gasteiger partial charge in [-0.05, 0) is 55.1 Å². The number of hydrogen-bond acceptors (Lipinski definition) is 4. The minimum Gasteiger partial charge on any atom is -0.339 e. The first-order chi connectivity index (χ1) is 10.2. The van der Waals surface area contributed by atoms with Gasteiger partial charge in [-0.15, -0.1) is 0 Å². The molecular formula is C16H25N3OS. The van der Waals surface area contributed by atoms with Crippen molar-refractivity contribution < 1.29 is 4.79 Å². The first-order valence-electron chi connectivity index (χ1n) is 7.95. The molecule has 0 saturated carbocycles. The van der Waals surface area contributed by atoms with Gasteiger partial charge in [0.2, 0.25) is 5.91 Å². The number of piperazine rings is 1. The monoisotopic (exact) mass is 307 g/mol. The van der Waals surface area contributed by atoms with Crippen molar-refractivity contribution >= 4 is 17.2 Å². The molecule has 1 atom stereocenters. The zero-order chi connectivity index (χ0) is 14.7. The number of carbonyl (C=O) groups is 1. The van der Waals surface area contributed by atoms with Crippen LogP contribution in [0.2, 0.25) is 0 Å². The zero-order valence-electron chi connectivity index (χ0n) is 12.8. The maximum absolute atomic E-state index is 12.7. The van der Waals surface area contributed by atoms with Crippen molar-refractivity contribution in [2.45, 2.75) is 38.3 Å². The van der Waals surface area contributed by atoms with Crippen LogP contribution in [-0.2, 0) is 11.3 Å². The minimum atomic E-state index is -0.326. The Labute approximate surface area is 131 Å². The zero-order valence-corrected chi connectivity index (χ0v) is 13.6. The Bertz CT molecular complexity index is 460. The van der Waals surface area contributed by atoms with E-state index in [0.29, 0.717) is 5.91 Å². The number of hydrogen-bond donors (Lipinski definition) is 1. The van der Waals surface area contributed by atoms with Crippen LogP contribution < -0.4 is 5.32 Å². The molecule has 3 rings (SSSR count). The highest BCUT2D eigenvalue weighted by Crippen LogP contribution is 2.22. The number of nitrogens with one attached hydrogen (secondary N) is 1. The molecule has 1 amide bonds. The summed E-state index contributed by atoms with van der Waals surface area (Å²) in [5, 5.41) is 7.78. The van der Waals surface area contributed by atoms with E-state index in [-0.39, 0.29) is 5.54 Å². The molecule has 0 bridgehead atoms. The maximum atomic E-state index is 12.7. The van der Waals surface area contributed by atoms with E-state index in [1.54, 1.807) is 11.3 Å². The van der Waals surface area contributed by atoms with Crippen LogP contribution in [0.5, 0.6) is 0 Å². The summed E-state index contributed by atoms with van der Waals surface area (Å²) < 4.78 is 0. The van der Waals surface area contributed by atoms with Crippen LogP contribution in [0, 0.1) is 0 Å². The van der Waals surface area contributed by atoms with Gasteiger partial charge >= 0.3 is 0 Å². The van der Waals surface area contributed by atoms with E-state index in [2.05, 4.69) is 38.9 Å². The van der Waals surface area contributed by atoms with Gasteiger partial charge in [0.1, 0.15) is 0 Å². The smallest absolute Gasteiger partial charge is 0.242 e. The second-order valence-corrected chi connectivity index (χ2v) is 7.20. The summed E-state index contributed by atoms with van der Waals surface area (Å²) in [5.41, 5.74) is 1.06. The van der Waals surface area contributed by atoms with Crippen LogP contribution in [0.25, 0.3) is 0 Å². The predicted octanol–water partition coefficient (Wildman–Crippen LogP) is 1.92. The number of piperidine rings is 1. The quantitative estimate of drug-likeness (QED) is 0.927. The van der Waals surface area contributed by atoms with Crippen molar-refractivity contribution in [3.05, 3.63) is 22.4 Å². The standard InChI is InChI=1S/C16H25N3OS/c1-16(5-2-3-6-17-16)15(20)19-9-7-18(8-10-19)12-14-4-11-21-13-14/h4,11,13,17H,2-3,5-10,12H2,1H3. The molecule has 2 aliphatic heterocycles. The van der Waals surface area contributed by atoms with Gasteiger partial charge in [-0.25, -0.2) is 0 Å². The average molecular weight is 307 g/mol. The van der Waals surface area contributed by atoms with Crippen LogP contribution in [0.15, 0.2) is 16.8 Å². The Morgan fingerprint density at radius 3 is 2.76 bits per heavy atom. The number of nitrogens with zero attached hydrogens (tertiary/aromatic N) is 2. The van der Waals surface area contributed by atoms with Crippen LogP contribution in [-0.4, -0.2) is 54.0 Å². The molecule has 5 heteroatoms. The Morgan fingerprint density at radius 1 is 1.33 bits per heavy atom. The average Bonchev–Trinajstić information content (AvgIpc) is 3.01. The van der Waals surface area contributed by atoms with Crippen LogP contribution in [0.1, 0.15) is 31.7 Å². The highest BCUT2D eigenvalue weighted by molar-refractivity contribution is 7.07. The van der Waals surface area contributed by atoms with Crippen molar-refractivity contribution in [2.75, 3.05) is 32.7 Å². The molecule has 2 fully saturated rings. The van der Waals surface area contributed by atoms with Gasteiger partial charge in [0.15, 0.2) is 0 Å². The molecule has 116 valence electrons. The lowest BCUT2D eigenvalue weighted by molar-refractivity contribution is -0.140. The fourth-order valence-electron chi connectivity index (χ4n) is 3.34. The molecule has 0 spiro atoms. The van der Waals surface area contributed by atoms with Gasteiger partial charge in [-0.2, -0.15) is 11.3 Å². The van der Waals surface area contributed by atoms with Crippen molar-refractivity contribution in [3.63, 3.8) is 0 Å². The summed E-state index contributed by atoms with van der Waals surface area (Å²) in [6.45, 7) is 7.75. The molecule has 1 aromatic heterocycles. The first-order valence-corrected chi connectivity index (χ1v) is 8.89. The molecule has 1 aromatic rings. The summed E-state index contributed by atoms with van der Waals surface area (Å²) in [5.74, 6) is 0.303. The molecule has 4 nitrogen and oxygen atoms in total. The minimum absolute atomic E-state index is 0.303. The normalized spacial score (nSPS) is 27.8. The summed E-state index contributed by atoms with van der Waals surface area (Å²) in [6.07, 6.45) is 3.33. The highest BCUT2D eigenvalue weighted by Gasteiger charge is 2.38. The molecule has 0 radical (unpaired) electrons. The van der Waals surface area contributed by atoms with Crippen LogP contribution in [0.4, 0.5) is 0 Å². The molecule has 0 aliphatic carbocycles. The second kappa shape index (κ2) is 6.46. The Kier molecular flexibility index (Phi) is 4.62. The third-order valence-corrected chi connectivity index (χ3v) is 5.47. The van der Waals surface area contributed by atoms with Crippen molar-refractivity contribution in [1.82, 2.24) is 15.1 Å². The molecule has 2 aliphatic rings. The van der Waals surface area contributed by atoms with Crippen molar-refractivity contribution in [3.8, 4) is 0 Å². The van der Waals surface area contributed by atoms with Gasteiger partial charge in [0.25, 0.3) is 0 Å². The van der Waals surface area contributed by atoms with E-state index in [1.807, 2.05) is 0 Å². The Balaban J connectivity index is 1.52. The van der Waals surface area contributed by atoms with Gasteiger partial charge in [0.05, 0.1) is 5.54 Å². The molecule has 2 saturated heterocycles. The lowest BCUT2D eigenvalue weighted by Gasteiger charge is -2.41. The van der Waals surface area contributed by atoms with Gasteiger partial charge in [-0.1, -0.05) is 0 Å². The lowest BCUT2D eigenvalue weighted by atomic mass is 9.89. The summed E-state index contributed by atoms with van der Waals surface area (Å²) in [6, 6.07) is 2.19. The summed E-state index contributed by atoms with van der Waals surface area (Å²) in [7, 11) is 0. The third-order valence-electron chi connectivity index (χ3n) is 4.74. The molecular weight excluding hydrogens is 282 g/mol. The number of thiophene rings is 1. The number of rotatable bonds is 3. The van der Waals surface area contributed by atoms with Crippen LogP contribution >= 0.6 is 11.3 Å². The molecule has 3 heterocycles. The number of carbonyl (C=O) groups excluding carboxylic acids is 1. The van der Waals surface area contributed by atoms with Crippen LogP contribution in [0.3, 0.4) is 0 Å². The third kappa shape index (κ3) is 3.47. The Morgan fingerprint density at radius 2 is 2.14 bits per heavy atom. The lowest BCUT2D eigenvalue weighted by Crippen LogP contribution is -2.61.